The summed E-state index contributed by atoms with van der Waals surface area (Å²) < 4.78 is 15.9. The van der Waals surface area contributed by atoms with Crippen LogP contribution in [0.5, 0.6) is 5.75 Å². The van der Waals surface area contributed by atoms with Crippen molar-refractivity contribution >= 4 is 48.0 Å². The maximum Gasteiger partial charge on any atom is 0.255 e. The van der Waals surface area contributed by atoms with Crippen molar-refractivity contribution in [1.82, 2.24) is 9.80 Å². The van der Waals surface area contributed by atoms with E-state index in [0.29, 0.717) is 12.6 Å². The summed E-state index contributed by atoms with van der Waals surface area (Å²) in [5.74, 6) is -8.10. The Kier molecular flexibility index (Phi) is 8.70. The van der Waals surface area contributed by atoms with Crippen LogP contribution in [-0.2, 0) is 27.3 Å². The van der Waals surface area contributed by atoms with Gasteiger partial charge in [-0.3, -0.25) is 24.2 Å². The number of benzene rings is 1. The minimum atomic E-state index is -2.72. The Hall–Kier alpha value is -2.70. The SMILES string of the molecule is CCN(Cc1cc(O)c2c(c1F)C[C@H]1C[C@H]3[C@H](N(C)C)C(=O)C(C(N)=O)=C(O)[C@@]3(O)C(=O)C1=C2O)C1CC1.Cl.Cl. The molecule has 4 atom stereocenters. The standard InChI is InChI=1S/C27H32FN3O7.2ClH/c1-4-31(13-5-6-13)10-12-9-16(32)18-14(20(12)28)7-11-8-15-21(30(2)3)23(34)19(26(29)37)25(36)27(15,38)24(35)17(11)22(18)33;;/h9,11,13,15,21,32-33,36,38H,4-8,10H2,1-3H3,(H2,29,37);2*1H/t11-,15-,21-,27-;;/m0../s1. The highest BCUT2D eigenvalue weighted by Gasteiger charge is 2.64. The lowest BCUT2D eigenvalue weighted by Crippen LogP contribution is -2.65. The van der Waals surface area contributed by atoms with Gasteiger partial charge in [-0.1, -0.05) is 6.92 Å². The summed E-state index contributed by atoms with van der Waals surface area (Å²) >= 11 is 0. The monoisotopic (exact) mass is 601 g/mol. The molecule has 0 spiro atoms. The molecule has 0 heterocycles. The number of phenolic OH excluding ortho intramolecular Hbond substituents is 1. The molecule has 0 unspecified atom stereocenters. The molecule has 220 valence electrons. The lowest BCUT2D eigenvalue weighted by molar-refractivity contribution is -0.153. The Labute approximate surface area is 243 Å². The smallest absolute Gasteiger partial charge is 0.255 e. The number of rotatable bonds is 6. The minimum Gasteiger partial charge on any atom is -0.508 e. The van der Waals surface area contributed by atoms with Crippen LogP contribution in [0.15, 0.2) is 23.0 Å². The summed E-state index contributed by atoms with van der Waals surface area (Å²) in [5, 5.41) is 44.5. The third-order valence-corrected chi connectivity index (χ3v) is 8.57. The van der Waals surface area contributed by atoms with Gasteiger partial charge in [0.05, 0.1) is 11.6 Å². The van der Waals surface area contributed by atoms with E-state index in [1.807, 2.05) is 6.92 Å². The number of primary amides is 1. The van der Waals surface area contributed by atoms with Crippen molar-refractivity contribution in [2.24, 2.45) is 17.6 Å². The van der Waals surface area contributed by atoms with Crippen LogP contribution in [0.25, 0.3) is 5.76 Å². The molecule has 0 aromatic heterocycles. The lowest BCUT2D eigenvalue weighted by atomic mass is 9.57. The highest BCUT2D eigenvalue weighted by Crippen LogP contribution is 2.53. The number of phenols is 1. The van der Waals surface area contributed by atoms with Crippen LogP contribution in [0, 0.1) is 17.7 Å². The van der Waals surface area contributed by atoms with Crippen LogP contribution < -0.4 is 5.73 Å². The van der Waals surface area contributed by atoms with Crippen LogP contribution in [0.3, 0.4) is 0 Å². The Morgan fingerprint density at radius 2 is 1.80 bits per heavy atom. The van der Waals surface area contributed by atoms with Crippen molar-refractivity contribution in [2.45, 2.75) is 56.8 Å². The Bertz CT molecular complexity index is 1340. The molecule has 10 nitrogen and oxygen atoms in total. The van der Waals surface area contributed by atoms with Gasteiger partial charge in [0.25, 0.3) is 5.91 Å². The molecule has 0 saturated heterocycles. The fraction of sp³-hybridized carbons (Fsp3) is 0.519. The number of nitrogens with two attached hydrogens (primary N) is 1. The van der Waals surface area contributed by atoms with E-state index in [9.17, 15) is 34.8 Å². The molecule has 40 heavy (non-hydrogen) atoms. The number of hydrogen-bond acceptors (Lipinski definition) is 9. The normalized spacial score (nSPS) is 27.6. The molecule has 1 aromatic carbocycles. The van der Waals surface area contributed by atoms with Gasteiger partial charge < -0.3 is 26.2 Å². The summed E-state index contributed by atoms with van der Waals surface area (Å²) in [6, 6.07) is 0.419. The maximum atomic E-state index is 15.9. The average Bonchev–Trinajstić information content (AvgIpc) is 3.67. The molecule has 6 N–H and O–H groups in total. The Morgan fingerprint density at radius 1 is 1.18 bits per heavy atom. The molecular formula is C27H34Cl2FN3O7. The molecule has 0 radical (unpaired) electrons. The van der Waals surface area contributed by atoms with E-state index in [2.05, 4.69) is 4.90 Å². The molecule has 5 rings (SSSR count). The average molecular weight is 602 g/mol. The van der Waals surface area contributed by atoms with Crippen molar-refractivity contribution in [3.05, 3.63) is 45.5 Å². The topological polar surface area (TPSA) is 165 Å². The van der Waals surface area contributed by atoms with E-state index in [1.54, 1.807) is 0 Å². The molecule has 0 aliphatic heterocycles. The van der Waals surface area contributed by atoms with Gasteiger partial charge in [-0.2, -0.15) is 0 Å². The number of aliphatic hydroxyl groups is 3. The second-order valence-corrected chi connectivity index (χ2v) is 11.0. The first kappa shape index (κ1) is 31.8. The molecule has 13 heteroatoms. The van der Waals surface area contributed by atoms with E-state index >= 15 is 4.39 Å². The summed E-state index contributed by atoms with van der Waals surface area (Å²) in [5.41, 5.74) is 1.52. The summed E-state index contributed by atoms with van der Waals surface area (Å²) in [6.07, 6.45) is 1.90. The third kappa shape index (κ3) is 4.48. The number of ketones is 2. The van der Waals surface area contributed by atoms with Gasteiger partial charge >= 0.3 is 0 Å². The highest BCUT2D eigenvalue weighted by molar-refractivity contribution is 6.24. The number of hydrogen-bond donors (Lipinski definition) is 5. The number of amides is 1. The van der Waals surface area contributed by atoms with Gasteiger partial charge in [0, 0.05) is 35.2 Å². The number of aliphatic hydroxyl groups excluding tert-OH is 2. The fourth-order valence-electron chi connectivity index (χ4n) is 6.62. The highest BCUT2D eigenvalue weighted by atomic mass is 35.5. The Balaban J connectivity index is 0.00000220. The molecule has 0 bridgehead atoms. The molecular weight excluding hydrogens is 568 g/mol. The number of aromatic hydroxyl groups is 1. The van der Waals surface area contributed by atoms with E-state index in [4.69, 9.17) is 5.73 Å². The predicted octanol–water partition coefficient (Wildman–Crippen LogP) is 1.93. The van der Waals surface area contributed by atoms with Crippen molar-refractivity contribution < 1.29 is 39.2 Å². The first-order chi connectivity index (χ1) is 17.8. The zero-order valence-electron chi connectivity index (χ0n) is 22.3. The number of carbonyl (C=O) groups is 3. The van der Waals surface area contributed by atoms with Gasteiger partial charge in [-0.05, 0) is 58.3 Å². The summed E-state index contributed by atoms with van der Waals surface area (Å²) in [7, 11) is 3.05. The van der Waals surface area contributed by atoms with Crippen molar-refractivity contribution in [2.75, 3.05) is 20.6 Å². The third-order valence-electron chi connectivity index (χ3n) is 8.57. The van der Waals surface area contributed by atoms with Gasteiger partial charge in [0.2, 0.25) is 5.78 Å². The van der Waals surface area contributed by atoms with Gasteiger partial charge in [-0.15, -0.1) is 24.8 Å². The maximum absolute atomic E-state index is 15.9. The van der Waals surface area contributed by atoms with E-state index in [1.165, 1.54) is 25.1 Å². The number of halogens is 3. The van der Waals surface area contributed by atoms with Gasteiger partial charge in [-0.25, -0.2) is 4.39 Å². The van der Waals surface area contributed by atoms with E-state index in [0.717, 1.165) is 12.8 Å². The van der Waals surface area contributed by atoms with Crippen molar-refractivity contribution in [3.8, 4) is 5.75 Å². The Morgan fingerprint density at radius 3 is 2.33 bits per heavy atom. The largest absolute Gasteiger partial charge is 0.508 e. The zero-order valence-corrected chi connectivity index (χ0v) is 23.9. The van der Waals surface area contributed by atoms with Crippen LogP contribution >= 0.6 is 24.8 Å². The first-order valence-electron chi connectivity index (χ1n) is 12.8. The summed E-state index contributed by atoms with van der Waals surface area (Å²) in [4.78, 5) is 42.5. The van der Waals surface area contributed by atoms with Crippen LogP contribution in [0.2, 0.25) is 0 Å². The van der Waals surface area contributed by atoms with E-state index < -0.39 is 69.6 Å². The van der Waals surface area contributed by atoms with E-state index in [-0.39, 0.29) is 66.5 Å². The number of Topliss-reactive ketones (excluding diaryl/α,β-unsaturated/α-hetero) is 2. The molecule has 4 aliphatic carbocycles. The minimum absolute atomic E-state index is 0. The number of carbonyl (C=O) groups excluding carboxylic acids is 3. The number of nitrogens with zero attached hydrogens (tertiary/aromatic N) is 2. The van der Waals surface area contributed by atoms with Crippen LogP contribution in [0.1, 0.15) is 42.9 Å². The zero-order chi connectivity index (χ0) is 27.8. The molecule has 2 saturated carbocycles. The van der Waals surface area contributed by atoms with Crippen molar-refractivity contribution in [1.29, 1.82) is 0 Å². The molecule has 2 fully saturated rings. The summed E-state index contributed by atoms with van der Waals surface area (Å²) in [6.45, 7) is 2.96. The van der Waals surface area contributed by atoms with Gasteiger partial charge in [0.1, 0.15) is 28.7 Å². The molecule has 1 amide bonds. The second kappa shape index (κ2) is 10.9. The van der Waals surface area contributed by atoms with Crippen LogP contribution in [0.4, 0.5) is 4.39 Å². The van der Waals surface area contributed by atoms with Gasteiger partial charge in [0.15, 0.2) is 11.4 Å². The fourth-order valence-corrected chi connectivity index (χ4v) is 6.62. The predicted molar refractivity (Wildman–Crippen MR) is 148 cm³/mol. The first-order valence-corrected chi connectivity index (χ1v) is 12.8. The number of likely N-dealkylation sites (N-methyl/N-ethyl adjacent to an activating group) is 1. The quantitative estimate of drug-likeness (QED) is 0.306. The number of fused-ring (bicyclic) bond motifs is 3. The van der Waals surface area contributed by atoms with Crippen LogP contribution in [-0.4, -0.2) is 86.0 Å². The molecule has 4 aliphatic rings. The van der Waals surface area contributed by atoms with Crippen molar-refractivity contribution in [3.63, 3.8) is 0 Å². The molecule has 1 aromatic rings. The second-order valence-electron chi connectivity index (χ2n) is 11.0. The lowest BCUT2D eigenvalue weighted by Gasteiger charge is -2.50.